The van der Waals surface area contributed by atoms with Crippen LogP contribution in [0.1, 0.15) is 20.8 Å². The van der Waals surface area contributed by atoms with Gasteiger partial charge >= 0.3 is 6.09 Å². The van der Waals surface area contributed by atoms with Crippen molar-refractivity contribution in [1.82, 2.24) is 4.90 Å². The van der Waals surface area contributed by atoms with Gasteiger partial charge in [0.05, 0.1) is 0 Å². The Kier molecular flexibility index (Phi) is 2.70. The van der Waals surface area contributed by atoms with Crippen molar-refractivity contribution in [3.63, 3.8) is 0 Å². The zero-order chi connectivity index (χ0) is 11.9. The average Bonchev–Trinajstić information content (AvgIpc) is 2.65. The molecule has 2 aliphatic rings. The highest BCUT2D eigenvalue weighted by molar-refractivity contribution is 5.68. The van der Waals surface area contributed by atoms with Crippen molar-refractivity contribution in [1.29, 1.82) is 0 Å². The van der Waals surface area contributed by atoms with Crippen molar-refractivity contribution < 1.29 is 9.53 Å². The molecular weight excluding hydrogens is 204 g/mol. The molecule has 0 spiro atoms. The molecule has 1 amide bonds. The first kappa shape index (κ1) is 11.5. The van der Waals surface area contributed by atoms with Crippen LogP contribution in [0.25, 0.3) is 0 Å². The Balaban J connectivity index is 1.94. The van der Waals surface area contributed by atoms with Crippen molar-refractivity contribution >= 4 is 6.09 Å². The fourth-order valence-corrected chi connectivity index (χ4v) is 2.35. The van der Waals surface area contributed by atoms with Crippen molar-refractivity contribution in [3.8, 4) is 0 Å². The van der Waals surface area contributed by atoms with Crippen molar-refractivity contribution in [2.45, 2.75) is 32.4 Å². The number of rotatable bonds is 0. The lowest BCUT2D eigenvalue weighted by Crippen LogP contribution is -2.37. The highest BCUT2D eigenvalue weighted by Crippen LogP contribution is 2.32. The fourth-order valence-electron chi connectivity index (χ4n) is 2.35. The van der Waals surface area contributed by atoms with E-state index < -0.39 is 5.60 Å². The maximum absolute atomic E-state index is 11.8. The Morgan fingerprint density at radius 2 is 2.06 bits per heavy atom. The summed E-state index contributed by atoms with van der Waals surface area (Å²) in [7, 11) is 0. The molecule has 2 N–H and O–H groups in total. The van der Waals surface area contributed by atoms with Crippen molar-refractivity contribution in [3.05, 3.63) is 12.2 Å². The van der Waals surface area contributed by atoms with Gasteiger partial charge in [-0.2, -0.15) is 0 Å². The number of ether oxygens (including phenoxy) is 1. The second kappa shape index (κ2) is 3.77. The Bertz CT molecular complexity index is 319. The molecule has 1 saturated heterocycles. The number of likely N-dealkylation sites (tertiary alicyclic amines) is 1. The summed E-state index contributed by atoms with van der Waals surface area (Å²) >= 11 is 0. The maximum Gasteiger partial charge on any atom is 0.410 e. The summed E-state index contributed by atoms with van der Waals surface area (Å²) in [6, 6.07) is 0.0948. The first-order valence-electron chi connectivity index (χ1n) is 5.78. The number of nitrogens with zero attached hydrogens (tertiary/aromatic N) is 1. The first-order chi connectivity index (χ1) is 7.37. The SMILES string of the molecule is CC(C)(C)OC(=O)N1C[C@H]2[C@H](N)C=C[C@@H]2C1. The van der Waals surface area contributed by atoms with Crippen LogP contribution in [0.15, 0.2) is 12.2 Å². The van der Waals surface area contributed by atoms with Crippen LogP contribution in [0, 0.1) is 11.8 Å². The number of hydrogen-bond acceptors (Lipinski definition) is 3. The summed E-state index contributed by atoms with van der Waals surface area (Å²) in [4.78, 5) is 13.6. The largest absolute Gasteiger partial charge is 0.444 e. The second-order valence-electron chi connectivity index (χ2n) is 5.68. The molecule has 1 aliphatic heterocycles. The second-order valence-corrected chi connectivity index (χ2v) is 5.68. The summed E-state index contributed by atoms with van der Waals surface area (Å²) in [6.45, 7) is 7.10. The number of fused-ring (bicyclic) bond motifs is 1. The van der Waals surface area contributed by atoms with E-state index in [4.69, 9.17) is 10.5 Å². The Labute approximate surface area is 96.4 Å². The fraction of sp³-hybridized carbons (Fsp3) is 0.750. The molecule has 16 heavy (non-hydrogen) atoms. The summed E-state index contributed by atoms with van der Waals surface area (Å²) in [5.74, 6) is 0.801. The molecule has 1 aliphatic carbocycles. The van der Waals surface area contributed by atoms with Gasteiger partial charge in [-0.1, -0.05) is 12.2 Å². The van der Waals surface area contributed by atoms with E-state index in [9.17, 15) is 4.79 Å². The molecule has 1 heterocycles. The highest BCUT2D eigenvalue weighted by atomic mass is 16.6. The van der Waals surface area contributed by atoms with Gasteiger partial charge in [-0.05, 0) is 20.8 Å². The van der Waals surface area contributed by atoms with Crippen LogP contribution in [0.5, 0.6) is 0 Å². The molecule has 0 aromatic carbocycles. The third-order valence-electron chi connectivity index (χ3n) is 3.14. The third kappa shape index (κ3) is 2.21. The van der Waals surface area contributed by atoms with Gasteiger partial charge in [-0.15, -0.1) is 0 Å². The van der Waals surface area contributed by atoms with E-state index in [0.717, 1.165) is 6.54 Å². The smallest absolute Gasteiger partial charge is 0.410 e. The minimum atomic E-state index is -0.424. The van der Waals surface area contributed by atoms with E-state index in [1.807, 2.05) is 26.8 Å². The van der Waals surface area contributed by atoms with Gasteiger partial charge in [0.2, 0.25) is 0 Å². The topological polar surface area (TPSA) is 55.6 Å². The summed E-state index contributed by atoms with van der Waals surface area (Å²) < 4.78 is 5.34. The van der Waals surface area contributed by atoms with Gasteiger partial charge in [-0.25, -0.2) is 4.79 Å². The number of nitrogens with two attached hydrogens (primary N) is 1. The zero-order valence-corrected chi connectivity index (χ0v) is 10.1. The van der Waals surface area contributed by atoms with Crippen molar-refractivity contribution in [2.24, 2.45) is 17.6 Å². The number of amides is 1. The maximum atomic E-state index is 11.8. The average molecular weight is 224 g/mol. The quantitative estimate of drug-likeness (QED) is 0.632. The molecule has 4 nitrogen and oxygen atoms in total. The molecule has 0 aromatic heterocycles. The number of hydrogen-bond donors (Lipinski definition) is 1. The van der Waals surface area contributed by atoms with Crippen LogP contribution in [0.4, 0.5) is 4.79 Å². The molecular formula is C12H20N2O2. The molecule has 0 radical (unpaired) electrons. The van der Waals surface area contributed by atoms with E-state index in [0.29, 0.717) is 18.4 Å². The van der Waals surface area contributed by atoms with E-state index >= 15 is 0 Å². The third-order valence-corrected chi connectivity index (χ3v) is 3.14. The lowest BCUT2D eigenvalue weighted by molar-refractivity contribution is 0.0284. The van der Waals surface area contributed by atoms with Crippen molar-refractivity contribution in [2.75, 3.05) is 13.1 Å². The van der Waals surface area contributed by atoms with E-state index in [-0.39, 0.29) is 12.1 Å². The standard InChI is InChI=1S/C12H20N2O2/c1-12(2,3)16-11(15)14-6-8-4-5-10(13)9(8)7-14/h4-5,8-10H,6-7,13H2,1-3H3/t8-,9-,10-/m1/s1. The van der Waals surface area contributed by atoms with Crippen LogP contribution in [0.3, 0.4) is 0 Å². The molecule has 0 aromatic rings. The lowest BCUT2D eigenvalue weighted by atomic mass is 9.97. The van der Waals surface area contributed by atoms with Gasteiger partial charge in [-0.3, -0.25) is 0 Å². The Morgan fingerprint density at radius 1 is 1.38 bits per heavy atom. The van der Waals surface area contributed by atoms with Crippen LogP contribution < -0.4 is 5.73 Å². The molecule has 1 fully saturated rings. The summed E-state index contributed by atoms with van der Waals surface area (Å²) in [5, 5.41) is 0. The van der Waals surface area contributed by atoms with E-state index in [1.54, 1.807) is 4.90 Å². The predicted octanol–water partition coefficient (Wildman–Crippen LogP) is 1.37. The molecule has 0 unspecified atom stereocenters. The van der Waals surface area contributed by atoms with Gasteiger partial charge in [0, 0.05) is 31.0 Å². The molecule has 4 heteroatoms. The first-order valence-corrected chi connectivity index (χ1v) is 5.78. The lowest BCUT2D eigenvalue weighted by Gasteiger charge is -2.24. The monoisotopic (exact) mass is 224 g/mol. The van der Waals surface area contributed by atoms with E-state index in [1.165, 1.54) is 0 Å². The van der Waals surface area contributed by atoms with Gasteiger partial charge in [0.25, 0.3) is 0 Å². The zero-order valence-electron chi connectivity index (χ0n) is 10.1. The number of carbonyl (C=O) groups excluding carboxylic acids is 1. The van der Waals surface area contributed by atoms with Crippen LogP contribution in [-0.2, 0) is 4.74 Å². The Morgan fingerprint density at radius 3 is 2.62 bits per heavy atom. The molecule has 90 valence electrons. The van der Waals surface area contributed by atoms with Gasteiger partial charge < -0.3 is 15.4 Å². The van der Waals surface area contributed by atoms with Crippen LogP contribution >= 0.6 is 0 Å². The van der Waals surface area contributed by atoms with Crippen LogP contribution in [0.2, 0.25) is 0 Å². The van der Waals surface area contributed by atoms with Gasteiger partial charge in [0.1, 0.15) is 5.60 Å². The minimum Gasteiger partial charge on any atom is -0.444 e. The molecule has 2 rings (SSSR count). The minimum absolute atomic E-state index is 0.0948. The molecule has 0 bridgehead atoms. The molecule has 3 atom stereocenters. The van der Waals surface area contributed by atoms with Gasteiger partial charge in [0.15, 0.2) is 0 Å². The highest BCUT2D eigenvalue weighted by Gasteiger charge is 2.40. The normalized spacial score (nSPS) is 33.0. The molecule has 0 saturated carbocycles. The van der Waals surface area contributed by atoms with Crippen LogP contribution in [-0.4, -0.2) is 35.7 Å². The summed E-state index contributed by atoms with van der Waals surface area (Å²) in [5.41, 5.74) is 5.52. The summed E-state index contributed by atoms with van der Waals surface area (Å²) in [6.07, 6.45) is 3.95. The van der Waals surface area contributed by atoms with E-state index in [2.05, 4.69) is 6.08 Å². The Hall–Kier alpha value is -1.03. The number of carbonyl (C=O) groups is 1. The predicted molar refractivity (Wildman–Crippen MR) is 61.9 cm³/mol.